The van der Waals surface area contributed by atoms with Crippen LogP contribution in [0.1, 0.15) is 5.56 Å². The van der Waals surface area contributed by atoms with Gasteiger partial charge in [0.25, 0.3) is 0 Å². The number of hydrogen-bond donors (Lipinski definition) is 2. The van der Waals surface area contributed by atoms with Crippen molar-refractivity contribution in [3.05, 3.63) is 28.2 Å². The van der Waals surface area contributed by atoms with Crippen molar-refractivity contribution in [1.29, 1.82) is 0 Å². The predicted octanol–water partition coefficient (Wildman–Crippen LogP) is 1.35. The number of likely N-dealkylation sites (N-methyl/N-ethyl adjacent to an activating group) is 1. The lowest BCUT2D eigenvalue weighted by atomic mass is 10.1. The zero-order valence-corrected chi connectivity index (χ0v) is 11.8. The lowest BCUT2D eigenvalue weighted by Crippen LogP contribution is -2.32. The number of anilines is 1. The molecule has 0 aromatic heterocycles. The summed E-state index contributed by atoms with van der Waals surface area (Å²) >= 11 is 3.48. The van der Waals surface area contributed by atoms with Gasteiger partial charge in [0, 0.05) is 43.0 Å². The first kappa shape index (κ1) is 14.4. The van der Waals surface area contributed by atoms with E-state index in [0.717, 1.165) is 15.7 Å². The minimum Gasteiger partial charge on any atom is -0.389 e. The topological polar surface area (TPSA) is 58.7 Å². The van der Waals surface area contributed by atoms with Crippen molar-refractivity contribution < 1.29 is 9.84 Å². The number of aliphatic hydroxyl groups is 1. The summed E-state index contributed by atoms with van der Waals surface area (Å²) in [5.74, 6) is 0. The minimum absolute atomic E-state index is 0.330. The average molecular weight is 303 g/mol. The van der Waals surface area contributed by atoms with Gasteiger partial charge in [0.15, 0.2) is 0 Å². The number of nitrogens with two attached hydrogens (primary N) is 1. The Bertz CT molecular complexity index is 360. The van der Waals surface area contributed by atoms with Gasteiger partial charge in [0.05, 0.1) is 12.7 Å². The van der Waals surface area contributed by atoms with Gasteiger partial charge < -0.3 is 20.5 Å². The Kier molecular flexibility index (Phi) is 5.91. The lowest BCUT2D eigenvalue weighted by molar-refractivity contribution is 0.0695. The Labute approximate surface area is 110 Å². The molecule has 17 heavy (non-hydrogen) atoms. The standard InChI is InChI=1S/C12H19BrN2O2/c1-15(7-9(16)8-17-2)12-5-3-4-11(13)10(12)6-14/h3-5,9,16H,6-8,14H2,1-2H3. The Morgan fingerprint density at radius 3 is 2.82 bits per heavy atom. The second-order valence-corrected chi connectivity index (χ2v) is 4.79. The normalized spacial score (nSPS) is 12.5. The van der Waals surface area contributed by atoms with E-state index in [-0.39, 0.29) is 0 Å². The van der Waals surface area contributed by atoms with Gasteiger partial charge in [-0.05, 0) is 12.1 Å². The molecule has 1 aromatic carbocycles. The fraction of sp³-hybridized carbons (Fsp3) is 0.500. The monoisotopic (exact) mass is 302 g/mol. The number of aliphatic hydroxyl groups excluding tert-OH is 1. The molecule has 0 spiro atoms. The van der Waals surface area contributed by atoms with Crippen molar-refractivity contribution in [2.75, 3.05) is 32.2 Å². The molecule has 1 unspecified atom stereocenters. The number of benzene rings is 1. The van der Waals surface area contributed by atoms with Crippen LogP contribution in [0.2, 0.25) is 0 Å². The summed E-state index contributed by atoms with van der Waals surface area (Å²) in [5, 5.41) is 9.70. The zero-order chi connectivity index (χ0) is 12.8. The fourth-order valence-corrected chi connectivity index (χ4v) is 2.28. The molecule has 0 amide bonds. The summed E-state index contributed by atoms with van der Waals surface area (Å²) in [7, 11) is 3.51. The molecule has 0 saturated carbocycles. The maximum Gasteiger partial charge on any atom is 0.0947 e. The molecular weight excluding hydrogens is 284 g/mol. The Hall–Kier alpha value is -0.620. The van der Waals surface area contributed by atoms with Gasteiger partial charge in [-0.2, -0.15) is 0 Å². The van der Waals surface area contributed by atoms with E-state index >= 15 is 0 Å². The molecule has 4 nitrogen and oxygen atoms in total. The SMILES string of the molecule is COCC(O)CN(C)c1cccc(Br)c1CN. The smallest absolute Gasteiger partial charge is 0.0947 e. The first-order valence-electron chi connectivity index (χ1n) is 5.45. The van der Waals surface area contributed by atoms with Gasteiger partial charge in [-0.25, -0.2) is 0 Å². The molecule has 0 aliphatic heterocycles. The van der Waals surface area contributed by atoms with Crippen LogP contribution in [0.3, 0.4) is 0 Å². The molecule has 1 atom stereocenters. The molecule has 0 bridgehead atoms. The lowest BCUT2D eigenvalue weighted by Gasteiger charge is -2.25. The van der Waals surface area contributed by atoms with Gasteiger partial charge in [-0.15, -0.1) is 0 Å². The van der Waals surface area contributed by atoms with E-state index in [9.17, 15) is 5.11 Å². The van der Waals surface area contributed by atoms with Crippen LogP contribution >= 0.6 is 15.9 Å². The van der Waals surface area contributed by atoms with E-state index in [1.807, 2.05) is 30.1 Å². The van der Waals surface area contributed by atoms with Gasteiger partial charge >= 0.3 is 0 Å². The fourth-order valence-electron chi connectivity index (χ4n) is 1.77. The van der Waals surface area contributed by atoms with E-state index in [0.29, 0.717) is 19.7 Å². The van der Waals surface area contributed by atoms with Crippen LogP contribution in [0.4, 0.5) is 5.69 Å². The molecule has 5 heteroatoms. The molecule has 0 heterocycles. The maximum absolute atomic E-state index is 9.70. The van der Waals surface area contributed by atoms with Crippen LogP contribution in [0, 0.1) is 0 Å². The number of rotatable bonds is 6. The summed E-state index contributed by atoms with van der Waals surface area (Å²) in [4.78, 5) is 1.98. The van der Waals surface area contributed by atoms with Crippen molar-refractivity contribution in [2.24, 2.45) is 5.73 Å². The van der Waals surface area contributed by atoms with Crippen molar-refractivity contribution in [3.8, 4) is 0 Å². The highest BCUT2D eigenvalue weighted by Crippen LogP contribution is 2.26. The number of halogens is 1. The molecule has 0 aliphatic rings. The number of nitrogens with zero attached hydrogens (tertiary/aromatic N) is 1. The summed E-state index contributed by atoms with van der Waals surface area (Å²) in [6.07, 6.45) is -0.505. The van der Waals surface area contributed by atoms with E-state index in [4.69, 9.17) is 10.5 Å². The Morgan fingerprint density at radius 1 is 1.53 bits per heavy atom. The molecule has 0 radical (unpaired) electrons. The van der Waals surface area contributed by atoms with Crippen molar-refractivity contribution in [2.45, 2.75) is 12.6 Å². The maximum atomic E-state index is 9.70. The van der Waals surface area contributed by atoms with Crippen molar-refractivity contribution in [1.82, 2.24) is 0 Å². The molecule has 1 aromatic rings. The van der Waals surface area contributed by atoms with Gasteiger partial charge in [-0.1, -0.05) is 22.0 Å². The minimum atomic E-state index is -0.505. The second-order valence-electron chi connectivity index (χ2n) is 3.93. The molecule has 0 aliphatic carbocycles. The van der Waals surface area contributed by atoms with Crippen LogP contribution in [0.15, 0.2) is 22.7 Å². The Morgan fingerprint density at radius 2 is 2.24 bits per heavy atom. The van der Waals surface area contributed by atoms with Gasteiger partial charge in [0.2, 0.25) is 0 Å². The van der Waals surface area contributed by atoms with Crippen LogP contribution < -0.4 is 10.6 Å². The van der Waals surface area contributed by atoms with Crippen LogP contribution in [-0.2, 0) is 11.3 Å². The van der Waals surface area contributed by atoms with E-state index < -0.39 is 6.10 Å². The molecule has 0 fully saturated rings. The van der Waals surface area contributed by atoms with E-state index in [2.05, 4.69) is 15.9 Å². The third-order valence-electron chi connectivity index (χ3n) is 2.55. The van der Waals surface area contributed by atoms with E-state index in [1.165, 1.54) is 0 Å². The highest BCUT2D eigenvalue weighted by Gasteiger charge is 2.12. The van der Waals surface area contributed by atoms with Crippen molar-refractivity contribution >= 4 is 21.6 Å². The number of hydrogen-bond acceptors (Lipinski definition) is 4. The molecule has 0 saturated heterocycles. The number of methoxy groups -OCH3 is 1. The summed E-state index contributed by atoms with van der Waals surface area (Å²) in [6.45, 7) is 1.30. The van der Waals surface area contributed by atoms with Crippen LogP contribution in [-0.4, -0.2) is 38.5 Å². The first-order valence-corrected chi connectivity index (χ1v) is 6.25. The highest BCUT2D eigenvalue weighted by molar-refractivity contribution is 9.10. The van der Waals surface area contributed by atoms with E-state index in [1.54, 1.807) is 7.11 Å². The molecule has 3 N–H and O–H groups in total. The summed E-state index contributed by atoms with van der Waals surface area (Å²) < 4.78 is 5.90. The highest BCUT2D eigenvalue weighted by atomic mass is 79.9. The first-order chi connectivity index (χ1) is 8.10. The molecule has 96 valence electrons. The third kappa shape index (κ3) is 3.96. The quantitative estimate of drug-likeness (QED) is 0.833. The predicted molar refractivity (Wildman–Crippen MR) is 73.2 cm³/mol. The summed E-state index contributed by atoms with van der Waals surface area (Å²) in [5.41, 5.74) is 7.80. The number of ether oxygens (including phenoxy) is 1. The summed E-state index contributed by atoms with van der Waals surface area (Å²) in [6, 6.07) is 5.91. The Balaban J connectivity index is 2.81. The second kappa shape index (κ2) is 6.96. The zero-order valence-electron chi connectivity index (χ0n) is 10.2. The largest absolute Gasteiger partial charge is 0.389 e. The van der Waals surface area contributed by atoms with Crippen LogP contribution in [0.25, 0.3) is 0 Å². The molecule has 1 rings (SSSR count). The molecular formula is C12H19BrN2O2. The van der Waals surface area contributed by atoms with Gasteiger partial charge in [0.1, 0.15) is 0 Å². The van der Waals surface area contributed by atoms with Crippen molar-refractivity contribution in [3.63, 3.8) is 0 Å². The van der Waals surface area contributed by atoms with Crippen LogP contribution in [0.5, 0.6) is 0 Å². The average Bonchev–Trinajstić information content (AvgIpc) is 2.28. The van der Waals surface area contributed by atoms with Gasteiger partial charge in [-0.3, -0.25) is 0 Å². The third-order valence-corrected chi connectivity index (χ3v) is 3.30.